The fourth-order valence-corrected chi connectivity index (χ4v) is 5.36. The van der Waals surface area contributed by atoms with Gasteiger partial charge in [0.15, 0.2) is 0 Å². The minimum Gasteiger partial charge on any atom is -0.366 e. The molecule has 1 heterocycles. The number of hydrogen-bond acceptors (Lipinski definition) is 2. The van der Waals surface area contributed by atoms with Crippen molar-refractivity contribution in [2.24, 2.45) is 0 Å². The predicted octanol–water partition coefficient (Wildman–Crippen LogP) is 8.63. The lowest BCUT2D eigenvalue weighted by Gasteiger charge is -2.42. The van der Waals surface area contributed by atoms with Crippen LogP contribution in [0, 0.1) is 0 Å². The molecule has 190 valence electrons. The Hall–Kier alpha value is -2.58. The fraction of sp³-hybridized carbons (Fsp3) is 0.455. The summed E-state index contributed by atoms with van der Waals surface area (Å²) < 4.78 is 0. The third-order valence-electron chi connectivity index (χ3n) is 6.88. The number of likely N-dealkylation sites (tertiary alicyclic amines) is 1. The van der Waals surface area contributed by atoms with Crippen molar-refractivity contribution in [3.05, 3.63) is 108 Å². The summed E-state index contributed by atoms with van der Waals surface area (Å²) in [4.78, 5) is 5.38. The Bertz CT molecular complexity index is 887. The monoisotopic (exact) mass is 472 g/mol. The van der Waals surface area contributed by atoms with Crippen LogP contribution in [0.1, 0.15) is 71.8 Å². The van der Waals surface area contributed by atoms with Crippen molar-refractivity contribution < 1.29 is 0 Å². The van der Waals surface area contributed by atoms with Gasteiger partial charge in [-0.1, -0.05) is 101 Å². The largest absolute Gasteiger partial charge is 0.366 e. The summed E-state index contributed by atoms with van der Waals surface area (Å²) in [6.07, 6.45) is 22.2. The smallest absolute Gasteiger partial charge is 0.0371 e. The standard InChI is InChI=1S/C31H42N2.C2H6/c1-5-14-27-22-31(23-28(27)15-6-2)33(29(16-7-3)17-8-4)25-30-20-12-13-21-32(30)24-26-18-10-9-11-19-26;1-2/h5,7-11,14-19,30-31H,1,3,6,12-13,20-25H2,2,4H3;1-2H3/b17-8-,27-14-,28-15-,29-16+;. The van der Waals surface area contributed by atoms with Crippen LogP contribution in [0.3, 0.4) is 0 Å². The summed E-state index contributed by atoms with van der Waals surface area (Å²) in [6, 6.07) is 12.0. The zero-order valence-electron chi connectivity index (χ0n) is 22.8. The van der Waals surface area contributed by atoms with Crippen molar-refractivity contribution in [2.45, 2.75) is 84.8 Å². The van der Waals surface area contributed by atoms with E-state index < -0.39 is 0 Å². The summed E-state index contributed by atoms with van der Waals surface area (Å²) in [5.74, 6) is 0. The van der Waals surface area contributed by atoms with Gasteiger partial charge in [-0.15, -0.1) is 0 Å². The maximum atomic E-state index is 4.01. The van der Waals surface area contributed by atoms with E-state index in [9.17, 15) is 0 Å². The van der Waals surface area contributed by atoms with Gasteiger partial charge in [0.1, 0.15) is 0 Å². The molecule has 1 aliphatic carbocycles. The first kappa shape index (κ1) is 28.7. The lowest BCUT2D eigenvalue weighted by molar-refractivity contribution is 0.0981. The van der Waals surface area contributed by atoms with Gasteiger partial charge in [0.25, 0.3) is 0 Å². The van der Waals surface area contributed by atoms with Crippen LogP contribution >= 0.6 is 0 Å². The van der Waals surface area contributed by atoms with Gasteiger partial charge in [0.05, 0.1) is 0 Å². The molecular weight excluding hydrogens is 424 g/mol. The molecule has 2 nitrogen and oxygen atoms in total. The second kappa shape index (κ2) is 16.2. The van der Waals surface area contributed by atoms with Crippen LogP contribution in [-0.2, 0) is 6.54 Å². The van der Waals surface area contributed by atoms with Gasteiger partial charge in [-0.2, -0.15) is 0 Å². The summed E-state index contributed by atoms with van der Waals surface area (Å²) in [5, 5.41) is 0. The van der Waals surface area contributed by atoms with Crippen LogP contribution < -0.4 is 0 Å². The molecule has 0 bridgehead atoms. The Balaban J connectivity index is 0.00000210. The van der Waals surface area contributed by atoms with E-state index in [2.05, 4.69) is 97.5 Å². The fourth-order valence-electron chi connectivity index (χ4n) is 5.36. The molecule has 2 fully saturated rings. The topological polar surface area (TPSA) is 6.48 Å². The molecule has 2 aliphatic rings. The van der Waals surface area contributed by atoms with Gasteiger partial charge in [-0.25, -0.2) is 0 Å². The van der Waals surface area contributed by atoms with Crippen molar-refractivity contribution >= 4 is 0 Å². The van der Waals surface area contributed by atoms with E-state index in [0.29, 0.717) is 12.1 Å². The van der Waals surface area contributed by atoms with Gasteiger partial charge in [-0.3, -0.25) is 4.90 Å². The first-order valence-electron chi connectivity index (χ1n) is 13.7. The highest BCUT2D eigenvalue weighted by Gasteiger charge is 2.32. The van der Waals surface area contributed by atoms with Crippen LogP contribution in [0.2, 0.25) is 0 Å². The summed E-state index contributed by atoms with van der Waals surface area (Å²) in [5.41, 5.74) is 5.63. The maximum Gasteiger partial charge on any atom is 0.0371 e. The third kappa shape index (κ3) is 8.54. The minimum absolute atomic E-state index is 0.469. The first-order valence-corrected chi connectivity index (χ1v) is 13.7. The van der Waals surface area contributed by atoms with Crippen LogP contribution in [-0.4, -0.2) is 35.0 Å². The maximum absolute atomic E-state index is 4.01. The highest BCUT2D eigenvalue weighted by molar-refractivity contribution is 5.40. The Morgan fingerprint density at radius 2 is 1.80 bits per heavy atom. The summed E-state index contributed by atoms with van der Waals surface area (Å²) in [7, 11) is 0. The molecule has 3 rings (SSSR count). The SMILES string of the molecule is C=C/C=C1/CC(N(CC2CCCCN2Cc2ccccc2)C(/C=C\C)=C/C=C)C/C1=C/CC.CC. The van der Waals surface area contributed by atoms with E-state index in [-0.39, 0.29) is 0 Å². The number of benzene rings is 1. The van der Waals surface area contributed by atoms with Crippen LogP contribution in [0.25, 0.3) is 0 Å². The minimum atomic E-state index is 0.469. The second-order valence-corrected chi connectivity index (χ2v) is 9.21. The Kier molecular flexibility index (Phi) is 13.2. The van der Waals surface area contributed by atoms with Crippen molar-refractivity contribution in [2.75, 3.05) is 13.1 Å². The molecule has 0 N–H and O–H groups in total. The highest BCUT2D eigenvalue weighted by Crippen LogP contribution is 2.37. The van der Waals surface area contributed by atoms with Gasteiger partial charge in [-0.05, 0) is 74.4 Å². The lowest BCUT2D eigenvalue weighted by Crippen LogP contribution is -2.48. The van der Waals surface area contributed by atoms with Gasteiger partial charge < -0.3 is 4.90 Å². The normalized spacial score (nSPS) is 23.4. The summed E-state index contributed by atoms with van der Waals surface area (Å²) in [6.45, 7) is 19.6. The third-order valence-corrected chi connectivity index (χ3v) is 6.88. The van der Waals surface area contributed by atoms with Crippen molar-refractivity contribution in [1.29, 1.82) is 0 Å². The quantitative estimate of drug-likeness (QED) is 0.314. The zero-order valence-corrected chi connectivity index (χ0v) is 22.8. The van der Waals surface area contributed by atoms with Gasteiger partial charge in [0.2, 0.25) is 0 Å². The molecular formula is C33H48N2. The van der Waals surface area contributed by atoms with E-state index in [0.717, 1.165) is 32.4 Å². The van der Waals surface area contributed by atoms with E-state index >= 15 is 0 Å². The Morgan fingerprint density at radius 3 is 2.46 bits per heavy atom. The van der Waals surface area contributed by atoms with Crippen molar-refractivity contribution in [1.82, 2.24) is 9.80 Å². The molecule has 1 saturated heterocycles. The Labute approximate surface area is 216 Å². The molecule has 0 aromatic heterocycles. The highest BCUT2D eigenvalue weighted by atomic mass is 15.2. The van der Waals surface area contributed by atoms with E-state index in [1.807, 2.05) is 26.0 Å². The van der Waals surface area contributed by atoms with Gasteiger partial charge in [0, 0.05) is 30.9 Å². The summed E-state index contributed by atoms with van der Waals surface area (Å²) >= 11 is 0. The molecule has 0 radical (unpaired) electrons. The van der Waals surface area contributed by atoms with Crippen molar-refractivity contribution in [3.63, 3.8) is 0 Å². The number of nitrogens with zero attached hydrogens (tertiary/aromatic N) is 2. The predicted molar refractivity (Wildman–Crippen MR) is 155 cm³/mol. The number of allylic oxidation sites excluding steroid dienone is 7. The van der Waals surface area contributed by atoms with Crippen LogP contribution in [0.15, 0.2) is 103 Å². The van der Waals surface area contributed by atoms with E-state index in [1.165, 1.54) is 48.2 Å². The number of hydrogen-bond donors (Lipinski definition) is 0. The van der Waals surface area contributed by atoms with Gasteiger partial charge >= 0.3 is 0 Å². The van der Waals surface area contributed by atoms with E-state index in [4.69, 9.17) is 0 Å². The first-order chi connectivity index (χ1) is 17.2. The van der Waals surface area contributed by atoms with E-state index in [1.54, 1.807) is 0 Å². The second-order valence-electron chi connectivity index (χ2n) is 9.21. The van der Waals surface area contributed by atoms with Crippen LogP contribution in [0.5, 0.6) is 0 Å². The van der Waals surface area contributed by atoms with Crippen molar-refractivity contribution in [3.8, 4) is 0 Å². The molecule has 2 unspecified atom stereocenters. The molecule has 35 heavy (non-hydrogen) atoms. The molecule has 0 spiro atoms. The lowest BCUT2D eigenvalue weighted by atomic mass is 9.99. The molecule has 0 amide bonds. The number of piperidine rings is 1. The Morgan fingerprint density at radius 1 is 1.06 bits per heavy atom. The zero-order chi connectivity index (χ0) is 25.5. The average molecular weight is 473 g/mol. The molecule has 1 aromatic carbocycles. The number of rotatable bonds is 10. The molecule has 1 aromatic rings. The average Bonchev–Trinajstić information content (AvgIpc) is 3.28. The molecule has 2 heteroatoms. The van der Waals surface area contributed by atoms with Crippen LogP contribution in [0.4, 0.5) is 0 Å². The molecule has 1 aliphatic heterocycles. The molecule has 2 atom stereocenters. The molecule has 1 saturated carbocycles.